The van der Waals surface area contributed by atoms with E-state index in [0.29, 0.717) is 28.3 Å². The molecule has 3 aromatic carbocycles. The van der Waals surface area contributed by atoms with Crippen molar-refractivity contribution in [3.8, 4) is 11.5 Å². The molecule has 35 heavy (non-hydrogen) atoms. The van der Waals surface area contributed by atoms with Gasteiger partial charge in [-0.3, -0.25) is 10.2 Å². The first-order valence-electron chi connectivity index (χ1n) is 11.8. The zero-order valence-corrected chi connectivity index (χ0v) is 19.8. The van der Waals surface area contributed by atoms with Gasteiger partial charge >= 0.3 is 6.03 Å². The molecule has 178 valence electrons. The maximum Gasteiger partial charge on any atom is 0.323 e. The number of nitrogens with one attached hydrogen (secondary N) is 1. The number of halogens is 1. The van der Waals surface area contributed by atoms with Crippen molar-refractivity contribution in [2.45, 2.75) is 6.54 Å². The van der Waals surface area contributed by atoms with E-state index >= 15 is 0 Å². The number of carbonyl (C=O) groups excluding carboxylic acids is 1. The van der Waals surface area contributed by atoms with Crippen LogP contribution in [0.3, 0.4) is 0 Å². The fraction of sp³-hybridized carbons (Fsp3) is 0.259. The molecule has 7 nitrogen and oxygen atoms in total. The molecule has 1 aromatic heterocycles. The van der Waals surface area contributed by atoms with Gasteiger partial charge in [0, 0.05) is 37.7 Å². The first-order valence-corrected chi connectivity index (χ1v) is 12.1. The maximum atomic E-state index is 12.9. The molecule has 2 fully saturated rings. The van der Waals surface area contributed by atoms with Crippen molar-refractivity contribution >= 4 is 34.4 Å². The van der Waals surface area contributed by atoms with Crippen LogP contribution in [0.5, 0.6) is 11.5 Å². The van der Waals surface area contributed by atoms with E-state index in [9.17, 15) is 4.79 Å². The number of urea groups is 1. The molecule has 2 saturated heterocycles. The summed E-state index contributed by atoms with van der Waals surface area (Å²) >= 11 is 5.96. The van der Waals surface area contributed by atoms with Gasteiger partial charge in [0.2, 0.25) is 0 Å². The predicted molar refractivity (Wildman–Crippen MR) is 135 cm³/mol. The molecule has 3 heterocycles. The van der Waals surface area contributed by atoms with Gasteiger partial charge in [0.1, 0.15) is 11.5 Å². The highest BCUT2D eigenvalue weighted by Crippen LogP contribution is 2.33. The Morgan fingerprint density at radius 2 is 1.74 bits per heavy atom. The summed E-state index contributed by atoms with van der Waals surface area (Å²) < 4.78 is 11.3. The lowest BCUT2D eigenvalue weighted by Gasteiger charge is -2.21. The van der Waals surface area contributed by atoms with E-state index in [1.54, 1.807) is 0 Å². The van der Waals surface area contributed by atoms with E-state index in [2.05, 4.69) is 27.5 Å². The highest BCUT2D eigenvalue weighted by molar-refractivity contribution is 6.30. The van der Waals surface area contributed by atoms with Crippen molar-refractivity contribution in [1.82, 2.24) is 15.0 Å². The summed E-state index contributed by atoms with van der Waals surface area (Å²) in [5.41, 5.74) is 1.88. The summed E-state index contributed by atoms with van der Waals surface area (Å²) in [6.45, 7) is 4.32. The minimum atomic E-state index is -0.114. The van der Waals surface area contributed by atoms with Crippen molar-refractivity contribution in [1.29, 1.82) is 0 Å². The summed E-state index contributed by atoms with van der Waals surface area (Å²) in [4.78, 5) is 17.2. The van der Waals surface area contributed by atoms with Crippen LogP contribution in [0.4, 0.5) is 10.6 Å². The van der Waals surface area contributed by atoms with Gasteiger partial charge in [-0.2, -0.15) is 0 Å². The topological polar surface area (TPSA) is 70.8 Å². The molecule has 6 rings (SSSR count). The van der Waals surface area contributed by atoms with Gasteiger partial charge in [0.05, 0.1) is 5.39 Å². The number of likely N-dealkylation sites (tertiary alicyclic amines) is 2. The van der Waals surface area contributed by atoms with E-state index in [1.807, 2.05) is 65.6 Å². The van der Waals surface area contributed by atoms with Gasteiger partial charge in [0.25, 0.3) is 0 Å². The Balaban J connectivity index is 1.03. The van der Waals surface area contributed by atoms with Crippen molar-refractivity contribution in [2.75, 3.05) is 31.5 Å². The van der Waals surface area contributed by atoms with Gasteiger partial charge in [-0.15, -0.1) is 0 Å². The van der Waals surface area contributed by atoms with E-state index in [4.69, 9.17) is 20.9 Å². The molecule has 2 amide bonds. The molecule has 0 spiro atoms. The fourth-order valence-electron chi connectivity index (χ4n) is 5.15. The first-order chi connectivity index (χ1) is 17.1. The molecule has 1 N–H and O–H groups in total. The Kier molecular flexibility index (Phi) is 5.80. The van der Waals surface area contributed by atoms with Gasteiger partial charge in [-0.05, 0) is 65.9 Å². The quantitative estimate of drug-likeness (QED) is 0.380. The number of amides is 2. The van der Waals surface area contributed by atoms with Crippen LogP contribution in [0.2, 0.25) is 5.02 Å². The minimum absolute atomic E-state index is 0.114. The number of carbonyl (C=O) groups is 1. The monoisotopic (exact) mass is 488 g/mol. The molecule has 0 aliphatic carbocycles. The van der Waals surface area contributed by atoms with Crippen LogP contribution in [0.15, 0.2) is 77.3 Å². The van der Waals surface area contributed by atoms with Gasteiger partial charge in [-0.25, -0.2) is 4.79 Å². The average molecular weight is 489 g/mol. The summed E-state index contributed by atoms with van der Waals surface area (Å²) in [6.07, 6.45) is 0. The van der Waals surface area contributed by atoms with Crippen LogP contribution in [0.1, 0.15) is 5.56 Å². The second kappa shape index (κ2) is 9.24. The fourth-order valence-corrected chi connectivity index (χ4v) is 5.27. The van der Waals surface area contributed by atoms with Crippen LogP contribution >= 0.6 is 11.6 Å². The van der Waals surface area contributed by atoms with Crippen molar-refractivity contribution < 1.29 is 14.1 Å². The van der Waals surface area contributed by atoms with Crippen LogP contribution < -0.4 is 10.1 Å². The third kappa shape index (κ3) is 4.70. The number of ether oxygens (including phenoxy) is 1. The average Bonchev–Trinajstić information content (AvgIpc) is 3.55. The van der Waals surface area contributed by atoms with E-state index in [-0.39, 0.29) is 6.03 Å². The first kappa shape index (κ1) is 21.9. The van der Waals surface area contributed by atoms with Crippen LogP contribution in [-0.2, 0) is 6.54 Å². The third-order valence-electron chi connectivity index (χ3n) is 6.81. The summed E-state index contributed by atoms with van der Waals surface area (Å²) in [5, 5.41) is 8.44. The number of hydrogen-bond donors (Lipinski definition) is 1. The lowest BCUT2D eigenvalue weighted by atomic mass is 10.0. The van der Waals surface area contributed by atoms with Crippen molar-refractivity contribution in [3.05, 3.63) is 83.4 Å². The second-order valence-electron chi connectivity index (χ2n) is 9.28. The van der Waals surface area contributed by atoms with E-state index in [1.165, 1.54) is 5.56 Å². The van der Waals surface area contributed by atoms with E-state index < -0.39 is 0 Å². The largest absolute Gasteiger partial charge is 0.457 e. The number of hydrogen-bond acceptors (Lipinski definition) is 5. The predicted octanol–water partition coefficient (Wildman–Crippen LogP) is 5.87. The Hall–Kier alpha value is -3.55. The molecule has 0 radical (unpaired) electrons. The summed E-state index contributed by atoms with van der Waals surface area (Å²) in [6, 6.07) is 23.0. The number of benzene rings is 3. The Morgan fingerprint density at radius 3 is 2.54 bits per heavy atom. The van der Waals surface area contributed by atoms with Crippen molar-refractivity contribution in [2.24, 2.45) is 11.8 Å². The Labute approximate surface area is 208 Å². The zero-order valence-electron chi connectivity index (χ0n) is 19.1. The SMILES string of the molecule is O=C(Nc1noc2ccccc12)N1CC2CN(Cc3cccc(Oc4ccc(Cl)cc4)c3)CC2C1. The Bertz CT molecular complexity index is 1340. The molecule has 2 aliphatic heterocycles. The zero-order chi connectivity index (χ0) is 23.8. The summed E-state index contributed by atoms with van der Waals surface area (Å²) in [7, 11) is 0. The van der Waals surface area contributed by atoms with Crippen LogP contribution in [0.25, 0.3) is 11.0 Å². The third-order valence-corrected chi connectivity index (χ3v) is 7.06. The molecule has 0 saturated carbocycles. The normalized spacial score (nSPS) is 19.7. The van der Waals surface area contributed by atoms with Crippen molar-refractivity contribution in [3.63, 3.8) is 0 Å². The Morgan fingerprint density at radius 1 is 0.971 bits per heavy atom. The summed E-state index contributed by atoms with van der Waals surface area (Å²) in [5.74, 6) is 3.00. The lowest BCUT2D eigenvalue weighted by molar-refractivity contribution is 0.211. The molecule has 0 bridgehead atoms. The minimum Gasteiger partial charge on any atom is -0.457 e. The molecular formula is C27H25ClN4O3. The maximum absolute atomic E-state index is 12.9. The highest BCUT2D eigenvalue weighted by atomic mass is 35.5. The standard InChI is InChI=1S/C27H25ClN4O3/c28-21-8-10-22(11-9-21)34-23-5-3-4-18(12-23)13-31-14-19-16-32(17-20(19)15-31)27(33)29-26-24-6-1-2-7-25(24)35-30-26/h1-12,19-20H,13-17H2,(H,29,30,33). The number of rotatable bonds is 5. The van der Waals surface area contributed by atoms with Gasteiger partial charge in [-0.1, -0.05) is 41.0 Å². The molecule has 4 aromatic rings. The number of aromatic nitrogens is 1. The lowest BCUT2D eigenvalue weighted by Crippen LogP contribution is -2.36. The molecule has 2 atom stereocenters. The van der Waals surface area contributed by atoms with Gasteiger partial charge in [0.15, 0.2) is 11.4 Å². The number of fused-ring (bicyclic) bond motifs is 2. The number of para-hydroxylation sites is 1. The smallest absolute Gasteiger partial charge is 0.323 e. The molecular weight excluding hydrogens is 464 g/mol. The molecule has 2 unspecified atom stereocenters. The van der Waals surface area contributed by atoms with Crippen LogP contribution in [0, 0.1) is 11.8 Å². The molecule has 8 heteroatoms. The highest BCUT2D eigenvalue weighted by Gasteiger charge is 2.41. The van der Waals surface area contributed by atoms with Crippen LogP contribution in [-0.4, -0.2) is 47.2 Å². The molecule has 2 aliphatic rings. The number of nitrogens with zero attached hydrogens (tertiary/aromatic N) is 3. The van der Waals surface area contributed by atoms with E-state index in [0.717, 1.165) is 49.6 Å². The number of anilines is 1. The second-order valence-corrected chi connectivity index (χ2v) is 9.72. The van der Waals surface area contributed by atoms with Gasteiger partial charge < -0.3 is 14.2 Å².